The van der Waals surface area contributed by atoms with Crippen LogP contribution in [0.3, 0.4) is 0 Å². The van der Waals surface area contributed by atoms with E-state index in [2.05, 4.69) is 32.9 Å². The molecule has 1 aliphatic carbocycles. The van der Waals surface area contributed by atoms with Crippen LogP contribution in [0, 0.1) is 0 Å². The first-order valence-electron chi connectivity index (χ1n) is 7.36. The van der Waals surface area contributed by atoms with E-state index in [1.165, 1.54) is 12.0 Å². The van der Waals surface area contributed by atoms with Crippen molar-refractivity contribution < 1.29 is 9.84 Å². The van der Waals surface area contributed by atoms with Crippen LogP contribution in [0.5, 0.6) is 5.75 Å². The molecule has 1 fully saturated rings. The number of ether oxygens (including phenoxy) is 1. The van der Waals surface area contributed by atoms with Crippen LogP contribution >= 0.6 is 0 Å². The second-order valence-corrected chi connectivity index (χ2v) is 6.75. The topological polar surface area (TPSA) is 29.5 Å². The third kappa shape index (κ3) is 3.30. The minimum atomic E-state index is -0.362. The fourth-order valence-corrected chi connectivity index (χ4v) is 2.90. The van der Waals surface area contributed by atoms with Gasteiger partial charge in [0.25, 0.3) is 0 Å². The van der Waals surface area contributed by atoms with Gasteiger partial charge in [-0.25, -0.2) is 0 Å². The van der Waals surface area contributed by atoms with Crippen molar-refractivity contribution in [1.82, 2.24) is 0 Å². The van der Waals surface area contributed by atoms with E-state index in [4.69, 9.17) is 4.74 Å². The van der Waals surface area contributed by atoms with Crippen molar-refractivity contribution in [3.05, 3.63) is 29.8 Å². The van der Waals surface area contributed by atoms with Crippen molar-refractivity contribution in [1.29, 1.82) is 0 Å². The van der Waals surface area contributed by atoms with Gasteiger partial charge < -0.3 is 9.84 Å². The van der Waals surface area contributed by atoms with Gasteiger partial charge >= 0.3 is 0 Å². The second kappa shape index (κ2) is 5.54. The number of para-hydroxylation sites is 1. The maximum atomic E-state index is 9.77. The number of hydrogen-bond donors (Lipinski definition) is 1. The zero-order chi connectivity index (χ0) is 13.9. The van der Waals surface area contributed by atoms with Gasteiger partial charge in [0, 0.05) is 0 Å². The molecule has 0 heterocycles. The smallest absolute Gasteiger partial charge is 0.132 e. The molecule has 0 aliphatic heterocycles. The molecular weight excluding hydrogens is 236 g/mol. The van der Waals surface area contributed by atoms with Gasteiger partial charge in [-0.15, -0.1) is 0 Å². The van der Waals surface area contributed by atoms with Crippen molar-refractivity contribution in [2.45, 2.75) is 63.9 Å². The molecule has 0 atom stereocenters. The fraction of sp³-hybridized carbons (Fsp3) is 0.647. The summed E-state index contributed by atoms with van der Waals surface area (Å²) < 4.78 is 6.30. The first kappa shape index (κ1) is 14.4. The van der Waals surface area contributed by atoms with Crippen molar-refractivity contribution >= 4 is 0 Å². The highest BCUT2D eigenvalue weighted by molar-refractivity contribution is 5.38. The van der Waals surface area contributed by atoms with E-state index in [1.807, 2.05) is 12.1 Å². The van der Waals surface area contributed by atoms with Gasteiger partial charge in [0.15, 0.2) is 0 Å². The second-order valence-electron chi connectivity index (χ2n) is 6.75. The molecule has 106 valence electrons. The lowest BCUT2D eigenvalue weighted by molar-refractivity contribution is -0.0209. The van der Waals surface area contributed by atoms with Crippen LogP contribution in [0.15, 0.2) is 24.3 Å². The van der Waals surface area contributed by atoms with E-state index in [9.17, 15) is 5.11 Å². The molecule has 0 aromatic heterocycles. The molecule has 0 amide bonds. The van der Waals surface area contributed by atoms with Gasteiger partial charge in [0.1, 0.15) is 11.4 Å². The standard InChI is InChI=1S/C17H26O2/c1-16(2,3)14-9-5-6-10-15(14)19-17(13-18)11-7-4-8-12-17/h5-6,9-10,18H,4,7-8,11-13H2,1-3H3. The highest BCUT2D eigenvalue weighted by Gasteiger charge is 2.34. The zero-order valence-corrected chi connectivity index (χ0v) is 12.4. The lowest BCUT2D eigenvalue weighted by Crippen LogP contribution is -2.42. The molecule has 0 unspecified atom stereocenters. The first-order valence-corrected chi connectivity index (χ1v) is 7.36. The van der Waals surface area contributed by atoms with Crippen molar-refractivity contribution in [3.63, 3.8) is 0 Å². The summed E-state index contributed by atoms with van der Waals surface area (Å²) in [5.74, 6) is 0.936. The van der Waals surface area contributed by atoms with Crippen molar-refractivity contribution in [2.24, 2.45) is 0 Å². The van der Waals surface area contributed by atoms with Gasteiger partial charge in [-0.3, -0.25) is 0 Å². The van der Waals surface area contributed by atoms with E-state index >= 15 is 0 Å². The molecule has 1 aliphatic rings. The molecule has 1 saturated carbocycles. The Balaban J connectivity index is 2.27. The molecule has 2 heteroatoms. The molecule has 2 rings (SSSR count). The van der Waals surface area contributed by atoms with Crippen LogP contribution in [0.1, 0.15) is 58.4 Å². The largest absolute Gasteiger partial charge is 0.485 e. The predicted octanol–water partition coefficient (Wildman–Crippen LogP) is 4.06. The van der Waals surface area contributed by atoms with Crippen molar-refractivity contribution in [2.75, 3.05) is 6.61 Å². The molecule has 1 N–H and O–H groups in total. The van der Waals surface area contributed by atoms with Crippen LogP contribution in [-0.4, -0.2) is 17.3 Å². The molecule has 0 bridgehead atoms. The normalized spacial score (nSPS) is 19.2. The van der Waals surface area contributed by atoms with E-state index in [-0.39, 0.29) is 17.6 Å². The van der Waals surface area contributed by atoms with Crippen LogP contribution < -0.4 is 4.74 Å². The van der Waals surface area contributed by atoms with Gasteiger partial charge in [0.05, 0.1) is 6.61 Å². The quantitative estimate of drug-likeness (QED) is 0.890. The summed E-state index contributed by atoms with van der Waals surface area (Å²) in [6, 6.07) is 8.23. The highest BCUT2D eigenvalue weighted by Crippen LogP contribution is 2.37. The molecule has 0 spiro atoms. The lowest BCUT2D eigenvalue weighted by atomic mass is 9.84. The van der Waals surface area contributed by atoms with Gasteiger partial charge in [0.2, 0.25) is 0 Å². The molecule has 0 saturated heterocycles. The Bertz CT molecular complexity index is 412. The molecule has 1 aromatic carbocycles. The minimum absolute atomic E-state index is 0.0574. The van der Waals surface area contributed by atoms with E-state index in [1.54, 1.807) is 0 Å². The molecule has 2 nitrogen and oxygen atoms in total. The van der Waals surface area contributed by atoms with Gasteiger partial charge in [-0.05, 0) is 42.7 Å². The summed E-state index contributed by atoms with van der Waals surface area (Å²) >= 11 is 0. The number of hydrogen-bond acceptors (Lipinski definition) is 2. The van der Waals surface area contributed by atoms with Crippen LogP contribution in [-0.2, 0) is 5.41 Å². The Morgan fingerprint density at radius 3 is 2.32 bits per heavy atom. The number of benzene rings is 1. The average Bonchev–Trinajstić information content (AvgIpc) is 2.39. The zero-order valence-electron chi connectivity index (χ0n) is 12.4. The maximum Gasteiger partial charge on any atom is 0.132 e. The number of aliphatic hydroxyl groups excluding tert-OH is 1. The average molecular weight is 262 g/mol. The summed E-state index contributed by atoms with van der Waals surface area (Å²) in [6.07, 6.45) is 5.48. The van der Waals surface area contributed by atoms with Crippen molar-refractivity contribution in [3.8, 4) is 5.75 Å². The Labute approximate surface area is 116 Å². The highest BCUT2D eigenvalue weighted by atomic mass is 16.5. The summed E-state index contributed by atoms with van der Waals surface area (Å²) in [5.41, 5.74) is 0.912. The third-order valence-electron chi connectivity index (χ3n) is 4.07. The first-order chi connectivity index (χ1) is 8.97. The van der Waals surface area contributed by atoms with Crippen LogP contribution in [0.25, 0.3) is 0 Å². The minimum Gasteiger partial charge on any atom is -0.485 e. The molecule has 19 heavy (non-hydrogen) atoms. The van der Waals surface area contributed by atoms with Gasteiger partial charge in [-0.1, -0.05) is 45.4 Å². The van der Waals surface area contributed by atoms with E-state index in [0.29, 0.717) is 0 Å². The predicted molar refractivity (Wildman–Crippen MR) is 78.7 cm³/mol. The SMILES string of the molecule is CC(C)(C)c1ccccc1OC1(CO)CCCCC1. The lowest BCUT2D eigenvalue weighted by Gasteiger charge is -2.37. The Morgan fingerprint density at radius 2 is 1.74 bits per heavy atom. The fourth-order valence-electron chi connectivity index (χ4n) is 2.90. The summed E-state index contributed by atoms with van der Waals surface area (Å²) in [5, 5.41) is 9.77. The summed E-state index contributed by atoms with van der Waals surface area (Å²) in [6.45, 7) is 6.70. The summed E-state index contributed by atoms with van der Waals surface area (Å²) in [4.78, 5) is 0. The van der Waals surface area contributed by atoms with E-state index < -0.39 is 0 Å². The Hall–Kier alpha value is -1.02. The molecule has 0 radical (unpaired) electrons. The Morgan fingerprint density at radius 1 is 1.11 bits per heavy atom. The number of aliphatic hydroxyl groups is 1. The van der Waals surface area contributed by atoms with E-state index in [0.717, 1.165) is 31.4 Å². The monoisotopic (exact) mass is 262 g/mol. The summed E-state index contributed by atoms with van der Waals surface area (Å²) in [7, 11) is 0. The maximum absolute atomic E-state index is 9.77. The number of rotatable bonds is 3. The molecule has 1 aromatic rings. The van der Waals surface area contributed by atoms with Crippen LogP contribution in [0.4, 0.5) is 0 Å². The molecular formula is C17H26O2. The Kier molecular flexibility index (Phi) is 4.19. The van der Waals surface area contributed by atoms with Crippen LogP contribution in [0.2, 0.25) is 0 Å². The van der Waals surface area contributed by atoms with Gasteiger partial charge in [-0.2, -0.15) is 0 Å². The third-order valence-corrected chi connectivity index (χ3v) is 4.07.